The van der Waals surface area contributed by atoms with Crippen molar-refractivity contribution in [3.8, 4) is 0 Å². The minimum absolute atomic E-state index is 0.00259. The van der Waals surface area contributed by atoms with Crippen LogP contribution in [-0.4, -0.2) is 166 Å². The number of amides is 1. The summed E-state index contributed by atoms with van der Waals surface area (Å²) in [6.07, 6.45) is -12.6. The first-order valence-corrected chi connectivity index (χ1v) is 14.2. The minimum Gasteiger partial charge on any atom is -0.395 e. The molecule has 1 amide bonds. The summed E-state index contributed by atoms with van der Waals surface area (Å²) in [6.45, 7) is -0.410. The van der Waals surface area contributed by atoms with Gasteiger partial charge in [-0.1, -0.05) is 0 Å². The Kier molecular flexibility index (Phi) is 13.6. The molecule has 0 aromatic carbocycles. The van der Waals surface area contributed by atoms with Crippen LogP contribution in [0.1, 0.15) is 19.3 Å². The second kappa shape index (κ2) is 16.2. The van der Waals surface area contributed by atoms with E-state index in [4.69, 9.17) is 47.0 Å². The highest BCUT2D eigenvalue weighted by Crippen LogP contribution is 2.36. The van der Waals surface area contributed by atoms with Crippen LogP contribution >= 0.6 is 0 Å². The quantitative estimate of drug-likeness (QED) is 0.0522. The first-order valence-electron chi connectivity index (χ1n) is 14.2. The summed E-state index contributed by atoms with van der Waals surface area (Å²) >= 11 is 0. The Morgan fingerprint density at radius 3 is 2.21 bits per heavy atom. The van der Waals surface area contributed by atoms with E-state index >= 15 is 0 Å². The molecule has 0 aromatic heterocycles. The summed E-state index contributed by atoms with van der Waals surface area (Å²) in [5, 5.41) is 74.8. The number of rotatable bonds is 13. The zero-order valence-corrected chi connectivity index (χ0v) is 23.4. The maximum absolute atomic E-state index is 12.7. The summed E-state index contributed by atoms with van der Waals surface area (Å²) in [6, 6.07) is -2.93. The number of nitrogens with zero attached hydrogens (tertiary/aromatic N) is 1. The van der Waals surface area contributed by atoms with Gasteiger partial charge in [-0.05, 0) is 18.8 Å². The number of aliphatic hydroxyl groups excluding tert-OH is 6. The van der Waals surface area contributed by atoms with Crippen LogP contribution < -0.4 is 28.3 Å². The fourth-order valence-corrected chi connectivity index (χ4v) is 5.57. The molecule has 2 aliphatic heterocycles. The fourth-order valence-electron chi connectivity index (χ4n) is 5.57. The van der Waals surface area contributed by atoms with Gasteiger partial charge in [-0.15, -0.1) is 0 Å². The molecule has 3 rings (SSSR count). The van der Waals surface area contributed by atoms with Crippen LogP contribution in [0, 0.1) is 5.92 Å². The van der Waals surface area contributed by atoms with E-state index in [9.17, 15) is 35.5 Å². The second-order valence-electron chi connectivity index (χ2n) is 11.1. The van der Waals surface area contributed by atoms with Crippen molar-refractivity contribution in [3.05, 3.63) is 0 Å². The van der Waals surface area contributed by atoms with E-state index < -0.39 is 98.0 Å². The predicted molar refractivity (Wildman–Crippen MR) is 142 cm³/mol. The molecule has 42 heavy (non-hydrogen) atoms. The van der Waals surface area contributed by atoms with E-state index in [1.54, 1.807) is 0 Å². The lowest BCUT2D eigenvalue weighted by molar-refractivity contribution is -0.320. The normalized spacial score (nSPS) is 42.8. The van der Waals surface area contributed by atoms with E-state index in [0.29, 0.717) is 5.06 Å². The van der Waals surface area contributed by atoms with Crippen LogP contribution in [0.25, 0.3) is 0 Å². The molecule has 3 aliphatic rings. The summed E-state index contributed by atoms with van der Waals surface area (Å²) in [5.41, 5.74) is 23.9. The largest absolute Gasteiger partial charge is 0.395 e. The molecule has 0 radical (unpaired) electrons. The van der Waals surface area contributed by atoms with Crippen LogP contribution in [-0.2, 0) is 23.7 Å². The van der Waals surface area contributed by atoms with Crippen molar-refractivity contribution >= 4 is 5.91 Å². The summed E-state index contributed by atoms with van der Waals surface area (Å²) in [7, 11) is 0. The number of nitrogens with one attached hydrogen (secondary N) is 1. The lowest BCUT2D eigenvalue weighted by Gasteiger charge is -2.48. The second-order valence-corrected chi connectivity index (χ2v) is 11.1. The van der Waals surface area contributed by atoms with Crippen molar-refractivity contribution in [2.75, 3.05) is 39.4 Å². The van der Waals surface area contributed by atoms with Gasteiger partial charge in [0.15, 0.2) is 12.6 Å². The molecule has 1 aliphatic carbocycles. The van der Waals surface area contributed by atoms with Crippen LogP contribution in [0.4, 0.5) is 0 Å². The Hall–Kier alpha value is -1.17. The van der Waals surface area contributed by atoms with Crippen LogP contribution in [0.5, 0.6) is 0 Å². The van der Waals surface area contributed by atoms with Crippen LogP contribution in [0.3, 0.4) is 0 Å². The smallest absolute Gasteiger partial charge is 0.246 e. The van der Waals surface area contributed by atoms with Gasteiger partial charge in [0.25, 0.3) is 0 Å². The van der Waals surface area contributed by atoms with Gasteiger partial charge >= 0.3 is 0 Å². The number of hydrogen-bond donors (Lipinski definition) is 12. The summed E-state index contributed by atoms with van der Waals surface area (Å²) in [5.74, 6) is -1.53. The van der Waals surface area contributed by atoms with E-state index in [2.05, 4.69) is 5.32 Å². The van der Waals surface area contributed by atoms with Crippen molar-refractivity contribution in [3.63, 3.8) is 0 Å². The number of ether oxygens (including phenoxy) is 4. The molecule has 3 fully saturated rings. The number of nitrogens with two attached hydrogens (primary N) is 4. The topological polar surface area (TPSA) is 315 Å². The molecular formula is C24H48N6O12. The SMILES string of the molecule is NCCN(O)C(=O)C[C@@H]1C[C@H](N)[C@@H](O[C@H]2O[C@H](CNCCO)[C@@H](O)C[C@H]2N)[C@H](O)[C@H]1O[C@H]1O[C@H](CO)[C@@H](O)[C@H](N)[C@H]1O. The summed E-state index contributed by atoms with van der Waals surface area (Å²) in [4.78, 5) is 12.7. The molecule has 246 valence electrons. The molecule has 14 atom stereocenters. The monoisotopic (exact) mass is 612 g/mol. The first-order chi connectivity index (χ1) is 19.9. The van der Waals surface area contributed by atoms with Gasteiger partial charge in [0, 0.05) is 32.1 Å². The molecule has 16 N–H and O–H groups in total. The zero-order chi connectivity index (χ0) is 31.1. The van der Waals surface area contributed by atoms with E-state index in [1.807, 2.05) is 0 Å². The third-order valence-electron chi connectivity index (χ3n) is 7.96. The van der Waals surface area contributed by atoms with Crippen molar-refractivity contribution in [1.29, 1.82) is 0 Å². The highest BCUT2D eigenvalue weighted by Gasteiger charge is 2.51. The zero-order valence-electron chi connectivity index (χ0n) is 23.4. The fraction of sp³-hybridized carbons (Fsp3) is 0.958. The number of carbonyl (C=O) groups excluding carboxylic acids is 1. The van der Waals surface area contributed by atoms with Gasteiger partial charge in [-0.2, -0.15) is 0 Å². The number of carbonyl (C=O) groups is 1. The lowest BCUT2D eigenvalue weighted by atomic mass is 9.77. The third kappa shape index (κ3) is 8.51. The van der Waals surface area contributed by atoms with E-state index in [0.717, 1.165) is 0 Å². The Labute approximate surface area is 243 Å². The first kappa shape index (κ1) is 35.3. The highest BCUT2D eigenvalue weighted by atomic mass is 16.7. The molecule has 2 saturated heterocycles. The maximum Gasteiger partial charge on any atom is 0.246 e. The lowest BCUT2D eigenvalue weighted by Crippen LogP contribution is -2.66. The molecule has 0 unspecified atom stereocenters. The van der Waals surface area contributed by atoms with E-state index in [-0.39, 0.29) is 52.0 Å². The maximum atomic E-state index is 12.7. The van der Waals surface area contributed by atoms with Crippen LogP contribution in [0.2, 0.25) is 0 Å². The molecule has 0 spiro atoms. The van der Waals surface area contributed by atoms with Gasteiger partial charge in [-0.25, -0.2) is 5.06 Å². The predicted octanol–water partition coefficient (Wildman–Crippen LogP) is -6.82. The number of hydrogen-bond acceptors (Lipinski definition) is 17. The highest BCUT2D eigenvalue weighted by molar-refractivity contribution is 5.75. The minimum atomic E-state index is -1.57. The molecule has 2 heterocycles. The molecule has 18 nitrogen and oxygen atoms in total. The van der Waals surface area contributed by atoms with Gasteiger partial charge in [0.1, 0.15) is 30.5 Å². The van der Waals surface area contributed by atoms with Gasteiger partial charge in [-0.3, -0.25) is 10.0 Å². The average molecular weight is 613 g/mol. The third-order valence-corrected chi connectivity index (χ3v) is 7.96. The van der Waals surface area contributed by atoms with Crippen molar-refractivity contribution in [2.24, 2.45) is 28.9 Å². The molecule has 0 bridgehead atoms. The van der Waals surface area contributed by atoms with Gasteiger partial charge < -0.3 is 77.8 Å². The Bertz CT molecular complexity index is 835. The Morgan fingerprint density at radius 2 is 1.57 bits per heavy atom. The van der Waals surface area contributed by atoms with Crippen molar-refractivity contribution < 1.29 is 59.6 Å². The number of hydroxylamine groups is 2. The Morgan fingerprint density at radius 1 is 0.905 bits per heavy atom. The number of aliphatic hydroxyl groups is 6. The summed E-state index contributed by atoms with van der Waals surface area (Å²) < 4.78 is 23.4. The average Bonchev–Trinajstić information content (AvgIpc) is 2.95. The van der Waals surface area contributed by atoms with Gasteiger partial charge in [0.05, 0.1) is 50.2 Å². The van der Waals surface area contributed by atoms with Crippen LogP contribution in [0.15, 0.2) is 0 Å². The molecular weight excluding hydrogens is 564 g/mol. The van der Waals surface area contributed by atoms with Crippen molar-refractivity contribution in [2.45, 2.75) is 98.8 Å². The molecule has 1 saturated carbocycles. The van der Waals surface area contributed by atoms with E-state index in [1.165, 1.54) is 0 Å². The molecule has 18 heteroatoms. The standard InChI is InChI=1S/C24H48N6O12/c25-1-3-30(38)16(34)6-10-5-11(26)22(42-23-12(27)7-13(33)14(39-23)8-29-2-4-31)20(37)21(10)41-24-19(36)17(28)18(35)15(9-32)40-24/h10-15,17-24,29,31-33,35-38H,1-9,25-28H2/t10-,11-,12+,13-,14+,15+,17-,18+,19+,20+,21-,22+,23+,24+/m0/s1. The van der Waals surface area contributed by atoms with Crippen molar-refractivity contribution in [1.82, 2.24) is 10.4 Å². The van der Waals surface area contributed by atoms with Gasteiger partial charge in [0.2, 0.25) is 5.91 Å². The molecule has 0 aromatic rings. The Balaban J connectivity index is 1.81.